The summed E-state index contributed by atoms with van der Waals surface area (Å²) in [7, 11) is 1.92. The van der Waals surface area contributed by atoms with Gasteiger partial charge in [0.2, 0.25) is 0 Å². The first kappa shape index (κ1) is 16.4. The van der Waals surface area contributed by atoms with Gasteiger partial charge in [-0.25, -0.2) is 0 Å². The van der Waals surface area contributed by atoms with Gasteiger partial charge in [-0.15, -0.1) is 0 Å². The molecule has 0 aliphatic heterocycles. The summed E-state index contributed by atoms with van der Waals surface area (Å²) in [6, 6.07) is 1.82. The normalized spacial score (nSPS) is 24.8. The maximum absolute atomic E-state index is 12.4. The molecule has 2 saturated carbocycles. The third kappa shape index (κ3) is 2.98. The van der Waals surface area contributed by atoms with Gasteiger partial charge in [-0.3, -0.25) is 14.6 Å². The molecule has 0 radical (unpaired) electrons. The molecule has 2 aliphatic rings. The highest BCUT2D eigenvalue weighted by molar-refractivity contribution is 5.93. The monoisotopic (exact) mass is 341 g/mol. The van der Waals surface area contributed by atoms with E-state index in [-0.39, 0.29) is 5.91 Å². The Kier molecular flexibility index (Phi) is 4.13. The van der Waals surface area contributed by atoms with Crippen molar-refractivity contribution in [2.45, 2.75) is 46.0 Å². The summed E-state index contributed by atoms with van der Waals surface area (Å²) < 4.78 is 1.84. The second-order valence-electron chi connectivity index (χ2n) is 7.82. The molecule has 0 aromatic carbocycles. The lowest BCUT2D eigenvalue weighted by molar-refractivity contribution is 0.0944. The summed E-state index contributed by atoms with van der Waals surface area (Å²) in [6.07, 6.45) is 6.73. The van der Waals surface area contributed by atoms with E-state index >= 15 is 0 Å². The van der Waals surface area contributed by atoms with Crippen molar-refractivity contribution >= 4 is 5.91 Å². The Morgan fingerprint density at radius 1 is 1.36 bits per heavy atom. The molecular formula is C19H27N5O. The molecule has 2 aliphatic carbocycles. The van der Waals surface area contributed by atoms with E-state index in [1.165, 1.54) is 25.7 Å². The van der Waals surface area contributed by atoms with E-state index in [0.29, 0.717) is 5.69 Å². The van der Waals surface area contributed by atoms with Crippen molar-refractivity contribution in [2.75, 3.05) is 6.54 Å². The van der Waals surface area contributed by atoms with Crippen molar-refractivity contribution in [3.05, 3.63) is 23.1 Å². The highest BCUT2D eigenvalue weighted by Crippen LogP contribution is 2.49. The minimum absolute atomic E-state index is 0.0684. The van der Waals surface area contributed by atoms with E-state index in [1.807, 2.05) is 31.6 Å². The topological polar surface area (TPSA) is 75.6 Å². The van der Waals surface area contributed by atoms with Crippen molar-refractivity contribution in [2.24, 2.45) is 24.8 Å². The van der Waals surface area contributed by atoms with Crippen molar-refractivity contribution in [3.63, 3.8) is 0 Å². The number of nitrogens with zero attached hydrogens (tertiary/aromatic N) is 3. The quantitative estimate of drug-likeness (QED) is 0.878. The van der Waals surface area contributed by atoms with Crippen LogP contribution in [0.5, 0.6) is 0 Å². The summed E-state index contributed by atoms with van der Waals surface area (Å²) in [5.74, 6) is 2.63. The predicted octanol–water partition coefficient (Wildman–Crippen LogP) is 2.98. The SMILES string of the molecule is Cc1nn(C)c(C)c1-c1cc(C(=O)NCCC2CC3CCC2C3)[nH]n1. The van der Waals surface area contributed by atoms with E-state index in [1.54, 1.807) is 0 Å². The van der Waals surface area contributed by atoms with Crippen molar-refractivity contribution in [1.29, 1.82) is 0 Å². The lowest BCUT2D eigenvalue weighted by Crippen LogP contribution is -2.27. The van der Waals surface area contributed by atoms with E-state index < -0.39 is 0 Å². The molecule has 3 unspecified atom stereocenters. The molecular weight excluding hydrogens is 314 g/mol. The highest BCUT2D eigenvalue weighted by Gasteiger charge is 2.38. The molecule has 4 rings (SSSR count). The number of amides is 1. The number of hydrogen-bond acceptors (Lipinski definition) is 3. The van der Waals surface area contributed by atoms with Gasteiger partial charge in [-0.05, 0) is 63.4 Å². The second-order valence-corrected chi connectivity index (χ2v) is 7.82. The van der Waals surface area contributed by atoms with Crippen LogP contribution in [0.15, 0.2) is 6.07 Å². The van der Waals surface area contributed by atoms with Gasteiger partial charge in [-0.2, -0.15) is 10.2 Å². The maximum Gasteiger partial charge on any atom is 0.269 e. The molecule has 6 heteroatoms. The molecule has 2 bridgehead atoms. The van der Waals surface area contributed by atoms with Crippen LogP contribution in [0.3, 0.4) is 0 Å². The zero-order valence-electron chi connectivity index (χ0n) is 15.3. The first-order valence-corrected chi connectivity index (χ1v) is 9.37. The molecule has 3 atom stereocenters. The number of rotatable bonds is 5. The van der Waals surface area contributed by atoms with Gasteiger partial charge < -0.3 is 5.32 Å². The molecule has 6 nitrogen and oxygen atoms in total. The number of hydrogen-bond donors (Lipinski definition) is 2. The lowest BCUT2D eigenvalue weighted by Gasteiger charge is -2.21. The molecule has 0 saturated heterocycles. The summed E-state index contributed by atoms with van der Waals surface area (Å²) in [5, 5.41) is 14.7. The van der Waals surface area contributed by atoms with Crippen LogP contribution in [0.25, 0.3) is 11.3 Å². The fourth-order valence-corrected chi connectivity index (χ4v) is 4.91. The van der Waals surface area contributed by atoms with E-state index in [2.05, 4.69) is 20.6 Å². The van der Waals surface area contributed by atoms with Crippen LogP contribution >= 0.6 is 0 Å². The number of carbonyl (C=O) groups is 1. The van der Waals surface area contributed by atoms with Crippen LogP contribution in [-0.4, -0.2) is 32.4 Å². The number of fused-ring (bicyclic) bond motifs is 2. The second kappa shape index (κ2) is 6.32. The standard InChI is InChI=1S/C19H27N5O/c1-11-18(12(2)24(3)23-11)16-10-17(22-21-16)19(25)20-7-6-15-9-13-4-5-14(15)8-13/h10,13-15H,4-9H2,1-3H3,(H,20,25)(H,21,22). The summed E-state index contributed by atoms with van der Waals surface area (Å²) in [5.41, 5.74) is 4.27. The first-order chi connectivity index (χ1) is 12.0. The first-order valence-electron chi connectivity index (χ1n) is 9.37. The molecule has 2 N–H and O–H groups in total. The van der Waals surface area contributed by atoms with Crippen molar-refractivity contribution in [3.8, 4) is 11.3 Å². The maximum atomic E-state index is 12.4. The molecule has 134 valence electrons. The van der Waals surface area contributed by atoms with Gasteiger partial charge in [0.05, 0.1) is 11.4 Å². The third-order valence-corrected chi connectivity index (χ3v) is 6.27. The summed E-state index contributed by atoms with van der Waals surface area (Å²) in [4.78, 5) is 12.4. The van der Waals surface area contributed by atoms with Gasteiger partial charge >= 0.3 is 0 Å². The van der Waals surface area contributed by atoms with Crippen molar-refractivity contribution in [1.82, 2.24) is 25.3 Å². The predicted molar refractivity (Wildman–Crippen MR) is 96.2 cm³/mol. The van der Waals surface area contributed by atoms with Crippen LogP contribution in [0.1, 0.15) is 54.0 Å². The smallest absolute Gasteiger partial charge is 0.269 e. The number of aromatic nitrogens is 4. The Morgan fingerprint density at radius 3 is 2.84 bits per heavy atom. The molecule has 2 aromatic rings. The summed E-state index contributed by atoms with van der Waals surface area (Å²) >= 11 is 0. The van der Waals surface area contributed by atoms with Gasteiger partial charge in [0.1, 0.15) is 5.69 Å². The molecule has 25 heavy (non-hydrogen) atoms. The number of aryl methyl sites for hydroxylation is 2. The number of aromatic amines is 1. The average molecular weight is 341 g/mol. The average Bonchev–Trinajstić information content (AvgIpc) is 3.33. The van der Waals surface area contributed by atoms with Gasteiger partial charge in [-0.1, -0.05) is 6.42 Å². The van der Waals surface area contributed by atoms with Crippen LogP contribution < -0.4 is 5.32 Å². The summed E-state index contributed by atoms with van der Waals surface area (Å²) in [6.45, 7) is 4.73. The van der Waals surface area contributed by atoms with Crippen LogP contribution in [-0.2, 0) is 7.05 Å². The Hall–Kier alpha value is -2.11. The van der Waals surface area contributed by atoms with Crippen LogP contribution in [0, 0.1) is 31.6 Å². The molecule has 2 aromatic heterocycles. The zero-order valence-corrected chi connectivity index (χ0v) is 15.3. The Labute approximate surface area is 148 Å². The van der Waals surface area contributed by atoms with Gasteiger partial charge in [0.25, 0.3) is 5.91 Å². The third-order valence-electron chi connectivity index (χ3n) is 6.27. The van der Waals surface area contributed by atoms with E-state index in [0.717, 1.165) is 53.4 Å². The number of carbonyl (C=O) groups excluding carboxylic acids is 1. The molecule has 0 spiro atoms. The number of nitrogens with one attached hydrogen (secondary N) is 2. The minimum atomic E-state index is -0.0684. The largest absolute Gasteiger partial charge is 0.351 e. The lowest BCUT2D eigenvalue weighted by atomic mass is 9.86. The highest BCUT2D eigenvalue weighted by atomic mass is 16.1. The zero-order chi connectivity index (χ0) is 17.6. The fourth-order valence-electron chi connectivity index (χ4n) is 4.91. The molecule has 2 heterocycles. The van der Waals surface area contributed by atoms with Gasteiger partial charge in [0.15, 0.2) is 0 Å². The molecule has 2 fully saturated rings. The Morgan fingerprint density at radius 2 is 2.20 bits per heavy atom. The van der Waals surface area contributed by atoms with Crippen LogP contribution in [0.2, 0.25) is 0 Å². The van der Waals surface area contributed by atoms with E-state index in [9.17, 15) is 4.79 Å². The van der Waals surface area contributed by atoms with E-state index in [4.69, 9.17) is 0 Å². The van der Waals surface area contributed by atoms with Crippen molar-refractivity contribution < 1.29 is 4.79 Å². The Bertz CT molecular complexity index is 790. The van der Waals surface area contributed by atoms with Gasteiger partial charge in [0, 0.05) is 24.8 Å². The number of H-pyrrole nitrogens is 1. The van der Waals surface area contributed by atoms with Crippen LogP contribution in [0.4, 0.5) is 0 Å². The Balaban J connectivity index is 1.36. The minimum Gasteiger partial charge on any atom is -0.351 e. The fraction of sp³-hybridized carbons (Fsp3) is 0.632. The molecule has 1 amide bonds.